The summed E-state index contributed by atoms with van der Waals surface area (Å²) in [6.07, 6.45) is 0. The van der Waals surface area contributed by atoms with E-state index in [0.717, 1.165) is 44.6 Å². The van der Waals surface area contributed by atoms with E-state index in [4.69, 9.17) is 4.42 Å². The summed E-state index contributed by atoms with van der Waals surface area (Å²) < 4.78 is 9.53. The molecule has 10 aromatic carbocycles. The molecule has 0 aliphatic heterocycles. The van der Waals surface area contributed by atoms with Crippen molar-refractivity contribution in [2.75, 3.05) is 4.90 Å². The van der Waals surface area contributed by atoms with E-state index >= 15 is 0 Å². The van der Waals surface area contributed by atoms with Crippen molar-refractivity contribution < 1.29 is 4.42 Å². The van der Waals surface area contributed by atoms with Crippen molar-refractivity contribution >= 4 is 92.1 Å². The monoisotopic (exact) mass is 769 g/mol. The fourth-order valence-electron chi connectivity index (χ4n) is 9.02. The van der Waals surface area contributed by atoms with Crippen LogP contribution in [-0.4, -0.2) is 0 Å². The van der Waals surface area contributed by atoms with Gasteiger partial charge in [0.05, 0.1) is 11.4 Å². The molecule has 0 amide bonds. The molecule has 0 aliphatic carbocycles. The molecule has 0 aliphatic rings. The summed E-state index contributed by atoms with van der Waals surface area (Å²) in [5.41, 5.74) is 12.1. The summed E-state index contributed by atoms with van der Waals surface area (Å²) in [6, 6.07) is 76.8. The van der Waals surface area contributed by atoms with Crippen LogP contribution in [0.25, 0.3) is 97.0 Å². The smallest absolute Gasteiger partial charge is 0.159 e. The van der Waals surface area contributed by atoms with Crippen LogP contribution in [-0.2, 0) is 0 Å². The van der Waals surface area contributed by atoms with Gasteiger partial charge in [0.25, 0.3) is 0 Å². The van der Waals surface area contributed by atoms with Gasteiger partial charge in [-0.25, -0.2) is 0 Å². The van der Waals surface area contributed by atoms with Crippen LogP contribution >= 0.6 is 11.3 Å². The van der Waals surface area contributed by atoms with Gasteiger partial charge in [0.15, 0.2) is 5.58 Å². The normalized spacial score (nSPS) is 11.7. The van der Waals surface area contributed by atoms with E-state index in [9.17, 15) is 0 Å². The Morgan fingerprint density at radius 1 is 0.373 bits per heavy atom. The number of anilines is 3. The first kappa shape index (κ1) is 33.7. The molecule has 276 valence electrons. The summed E-state index contributed by atoms with van der Waals surface area (Å²) in [5, 5.41) is 9.58. The van der Waals surface area contributed by atoms with Gasteiger partial charge in [0.1, 0.15) is 5.58 Å². The zero-order chi connectivity index (χ0) is 38.9. The highest BCUT2D eigenvalue weighted by atomic mass is 32.1. The number of furan rings is 1. The van der Waals surface area contributed by atoms with Crippen molar-refractivity contribution in [1.82, 2.24) is 0 Å². The molecule has 12 rings (SSSR count). The summed E-state index contributed by atoms with van der Waals surface area (Å²) >= 11 is 1.87. The number of rotatable bonds is 6. The molecule has 2 aromatic heterocycles. The highest BCUT2D eigenvalue weighted by Crippen LogP contribution is 2.51. The van der Waals surface area contributed by atoms with Gasteiger partial charge < -0.3 is 9.32 Å². The van der Waals surface area contributed by atoms with Gasteiger partial charge in [-0.05, 0) is 97.4 Å². The number of hydrogen-bond donors (Lipinski definition) is 0. The van der Waals surface area contributed by atoms with E-state index in [1.165, 1.54) is 69.5 Å². The Morgan fingerprint density at radius 3 is 1.78 bits per heavy atom. The number of hydrogen-bond acceptors (Lipinski definition) is 3. The minimum Gasteiger partial charge on any atom is -0.454 e. The average molecular weight is 770 g/mol. The minimum absolute atomic E-state index is 0.859. The number of para-hydroxylation sites is 1. The largest absolute Gasteiger partial charge is 0.454 e. The lowest BCUT2D eigenvalue weighted by atomic mass is 9.98. The van der Waals surface area contributed by atoms with Gasteiger partial charge in [-0.3, -0.25) is 0 Å². The fourth-order valence-corrected chi connectivity index (χ4v) is 10.3. The first-order valence-corrected chi connectivity index (χ1v) is 20.9. The maximum absolute atomic E-state index is 7.01. The molecule has 0 saturated heterocycles. The SMILES string of the molecule is c1ccc(-c2ccc3c(c2)oc2c(N(c4ccc5c(ccc6ccccc65)c4)c4ccc(-c5ccccc5)c5sc6cc(-c7ccccc7)ccc6c45)cccc23)cc1. The zero-order valence-electron chi connectivity index (χ0n) is 32.0. The van der Waals surface area contributed by atoms with Crippen molar-refractivity contribution in [2.45, 2.75) is 0 Å². The van der Waals surface area contributed by atoms with E-state index < -0.39 is 0 Å². The molecule has 0 atom stereocenters. The van der Waals surface area contributed by atoms with Crippen LogP contribution in [0.5, 0.6) is 0 Å². The number of benzene rings is 10. The van der Waals surface area contributed by atoms with Crippen molar-refractivity contribution in [1.29, 1.82) is 0 Å². The van der Waals surface area contributed by atoms with Crippen LogP contribution in [0.1, 0.15) is 0 Å². The predicted octanol–water partition coefficient (Wildman–Crippen LogP) is 16.7. The number of nitrogens with zero attached hydrogens (tertiary/aromatic N) is 1. The van der Waals surface area contributed by atoms with E-state index in [0.29, 0.717) is 0 Å². The zero-order valence-corrected chi connectivity index (χ0v) is 32.8. The predicted molar refractivity (Wildman–Crippen MR) is 253 cm³/mol. The third kappa shape index (κ3) is 5.55. The van der Waals surface area contributed by atoms with Crippen molar-refractivity contribution in [3.8, 4) is 33.4 Å². The van der Waals surface area contributed by atoms with E-state index in [1.807, 2.05) is 11.3 Å². The molecule has 12 aromatic rings. The summed E-state index contributed by atoms with van der Waals surface area (Å²) in [5.74, 6) is 0. The van der Waals surface area contributed by atoms with Crippen LogP contribution in [0.2, 0.25) is 0 Å². The lowest BCUT2D eigenvalue weighted by Crippen LogP contribution is -2.11. The van der Waals surface area contributed by atoms with Crippen LogP contribution in [0, 0.1) is 0 Å². The van der Waals surface area contributed by atoms with Crippen molar-refractivity contribution in [3.05, 3.63) is 212 Å². The Hall–Kier alpha value is -7.46. The third-order valence-electron chi connectivity index (χ3n) is 11.8. The molecule has 3 heteroatoms. The van der Waals surface area contributed by atoms with Gasteiger partial charge in [-0.15, -0.1) is 11.3 Å². The van der Waals surface area contributed by atoms with Crippen LogP contribution < -0.4 is 4.90 Å². The van der Waals surface area contributed by atoms with Gasteiger partial charge in [0.2, 0.25) is 0 Å². The van der Waals surface area contributed by atoms with Crippen molar-refractivity contribution in [2.24, 2.45) is 0 Å². The molecule has 59 heavy (non-hydrogen) atoms. The van der Waals surface area contributed by atoms with Crippen LogP contribution in [0.15, 0.2) is 217 Å². The molecule has 0 spiro atoms. The molecule has 0 radical (unpaired) electrons. The minimum atomic E-state index is 0.859. The molecule has 2 heterocycles. The summed E-state index contributed by atoms with van der Waals surface area (Å²) in [6.45, 7) is 0. The van der Waals surface area contributed by atoms with E-state index in [-0.39, 0.29) is 0 Å². The average Bonchev–Trinajstić information content (AvgIpc) is 3.89. The topological polar surface area (TPSA) is 16.4 Å². The standard InChI is InChI=1S/C56H35NOS/c1-4-13-36(14-5-1)40-25-28-47-48-21-12-22-51(55(48)58-52(47)34-40)57(43-27-30-45-42(33-43)24-23-39-19-10-11-20-44(39)45)50-32-31-46(38-17-8-3-9-18-38)56-54(50)49-29-26-41(35-53(49)59-56)37-15-6-2-7-16-37/h1-35H. The Bertz CT molecular complexity index is 3550. The lowest BCUT2D eigenvalue weighted by molar-refractivity contribution is 0.669. The quantitative estimate of drug-likeness (QED) is 0.157. The molecule has 0 N–H and O–H groups in total. The second kappa shape index (κ2) is 13.6. The highest BCUT2D eigenvalue weighted by molar-refractivity contribution is 7.26. The molecule has 0 fully saturated rings. The maximum atomic E-state index is 7.01. The highest BCUT2D eigenvalue weighted by Gasteiger charge is 2.25. The third-order valence-corrected chi connectivity index (χ3v) is 13.0. The van der Waals surface area contributed by atoms with Gasteiger partial charge in [-0.2, -0.15) is 0 Å². The fraction of sp³-hybridized carbons (Fsp3) is 0. The Balaban J connectivity index is 1.15. The molecular weight excluding hydrogens is 735 g/mol. The van der Waals surface area contributed by atoms with E-state index in [2.05, 4.69) is 217 Å². The Kier molecular flexibility index (Phi) is 7.75. The second-order valence-electron chi connectivity index (χ2n) is 15.2. The Morgan fingerprint density at radius 2 is 1.00 bits per heavy atom. The van der Waals surface area contributed by atoms with Crippen LogP contribution in [0.3, 0.4) is 0 Å². The number of fused-ring (bicyclic) bond motifs is 9. The number of thiophene rings is 1. The van der Waals surface area contributed by atoms with Crippen molar-refractivity contribution in [3.63, 3.8) is 0 Å². The van der Waals surface area contributed by atoms with Gasteiger partial charge in [-0.1, -0.05) is 170 Å². The maximum Gasteiger partial charge on any atom is 0.159 e. The first-order chi connectivity index (χ1) is 29.2. The van der Waals surface area contributed by atoms with E-state index in [1.54, 1.807) is 0 Å². The molecule has 0 saturated carbocycles. The molecule has 0 unspecified atom stereocenters. The Labute approximate surface area is 345 Å². The summed E-state index contributed by atoms with van der Waals surface area (Å²) in [4.78, 5) is 2.44. The van der Waals surface area contributed by atoms with Gasteiger partial charge >= 0.3 is 0 Å². The second-order valence-corrected chi connectivity index (χ2v) is 16.3. The molecular formula is C56H35NOS. The van der Waals surface area contributed by atoms with Gasteiger partial charge in [0, 0.05) is 36.6 Å². The molecule has 2 nitrogen and oxygen atoms in total. The first-order valence-electron chi connectivity index (χ1n) is 20.1. The van der Waals surface area contributed by atoms with Crippen LogP contribution in [0.4, 0.5) is 17.1 Å². The lowest BCUT2D eigenvalue weighted by Gasteiger charge is -2.27. The molecule has 0 bridgehead atoms. The summed E-state index contributed by atoms with van der Waals surface area (Å²) in [7, 11) is 0.